The number of hydrogen-bond donors (Lipinski definition) is 3. The van der Waals surface area contributed by atoms with Crippen LogP contribution in [0.1, 0.15) is 27.5 Å². The van der Waals surface area contributed by atoms with E-state index < -0.39 is 35.6 Å². The average Bonchev–Trinajstić information content (AvgIpc) is 2.91. The fraction of sp³-hybridized carbons (Fsp3) is 0.222. The molecule has 2 amide bonds. The second kappa shape index (κ2) is 6.98. The molecule has 0 unspecified atom stereocenters. The molecule has 3 N–H and O–H groups in total. The molecule has 2 atom stereocenters. The Kier molecular flexibility index (Phi) is 4.76. The van der Waals surface area contributed by atoms with Crippen molar-refractivity contribution in [2.75, 3.05) is 6.54 Å². The largest absolute Gasteiger partial charge is 0.390 e. The Labute approximate surface area is 142 Å². The number of benzene rings is 2. The zero-order valence-electron chi connectivity index (χ0n) is 13.1. The summed E-state index contributed by atoms with van der Waals surface area (Å²) in [5, 5.41) is 15.1. The maximum atomic E-state index is 13.1. The fourth-order valence-electron chi connectivity index (χ4n) is 2.87. The summed E-state index contributed by atoms with van der Waals surface area (Å²) >= 11 is 0. The molecule has 0 saturated heterocycles. The van der Waals surface area contributed by atoms with E-state index in [-0.39, 0.29) is 12.1 Å². The van der Waals surface area contributed by atoms with Gasteiger partial charge in [-0.15, -0.1) is 0 Å². The van der Waals surface area contributed by atoms with Crippen LogP contribution < -0.4 is 10.6 Å². The van der Waals surface area contributed by atoms with Crippen molar-refractivity contribution in [3.05, 3.63) is 70.8 Å². The minimum absolute atomic E-state index is 0.0852. The zero-order valence-corrected chi connectivity index (χ0v) is 13.1. The van der Waals surface area contributed by atoms with Gasteiger partial charge in [0, 0.05) is 12.0 Å². The van der Waals surface area contributed by atoms with Crippen LogP contribution in [0.3, 0.4) is 0 Å². The summed E-state index contributed by atoms with van der Waals surface area (Å²) < 4.78 is 26.0. The third-order valence-electron chi connectivity index (χ3n) is 4.11. The lowest BCUT2D eigenvalue weighted by atomic mass is 10.1. The molecule has 0 radical (unpaired) electrons. The number of nitrogens with one attached hydrogen (secondary N) is 2. The van der Waals surface area contributed by atoms with Gasteiger partial charge in [-0.3, -0.25) is 9.59 Å². The van der Waals surface area contributed by atoms with E-state index in [1.165, 1.54) is 0 Å². The quantitative estimate of drug-likeness (QED) is 0.784. The number of carbonyl (C=O) groups is 2. The second-order valence-electron chi connectivity index (χ2n) is 5.83. The van der Waals surface area contributed by atoms with Crippen molar-refractivity contribution in [1.82, 2.24) is 10.6 Å². The van der Waals surface area contributed by atoms with Gasteiger partial charge in [0.25, 0.3) is 5.91 Å². The SMILES string of the molecule is O=C(CNC(=O)c1ccc(F)c(F)c1)N[C@H]1c2ccccc2C[C@H]1O. The summed E-state index contributed by atoms with van der Waals surface area (Å²) in [4.78, 5) is 23.9. The third kappa shape index (κ3) is 3.66. The molecule has 130 valence electrons. The van der Waals surface area contributed by atoms with E-state index in [1.807, 2.05) is 24.3 Å². The van der Waals surface area contributed by atoms with Crippen molar-refractivity contribution in [3.63, 3.8) is 0 Å². The molecule has 0 fully saturated rings. The molecular weight excluding hydrogens is 330 g/mol. The lowest BCUT2D eigenvalue weighted by Gasteiger charge is -2.18. The minimum Gasteiger partial charge on any atom is -0.390 e. The van der Waals surface area contributed by atoms with E-state index >= 15 is 0 Å². The molecule has 0 bridgehead atoms. The molecule has 1 aliphatic carbocycles. The van der Waals surface area contributed by atoms with Gasteiger partial charge in [0.15, 0.2) is 11.6 Å². The van der Waals surface area contributed by atoms with Crippen molar-refractivity contribution in [2.45, 2.75) is 18.6 Å². The van der Waals surface area contributed by atoms with Crippen LogP contribution in [0, 0.1) is 11.6 Å². The summed E-state index contributed by atoms with van der Waals surface area (Å²) in [5.74, 6) is -3.37. The Morgan fingerprint density at radius 3 is 2.64 bits per heavy atom. The number of halogens is 2. The molecule has 0 spiro atoms. The Morgan fingerprint density at radius 2 is 1.88 bits per heavy atom. The van der Waals surface area contributed by atoms with E-state index in [2.05, 4.69) is 10.6 Å². The number of aliphatic hydroxyl groups is 1. The molecule has 7 heteroatoms. The van der Waals surface area contributed by atoms with Gasteiger partial charge in [0.2, 0.25) is 5.91 Å². The number of rotatable bonds is 4. The number of aliphatic hydroxyl groups excluding tert-OH is 1. The summed E-state index contributed by atoms with van der Waals surface area (Å²) in [5.41, 5.74) is 1.72. The molecule has 25 heavy (non-hydrogen) atoms. The average molecular weight is 346 g/mol. The van der Waals surface area contributed by atoms with Crippen LogP contribution in [0.25, 0.3) is 0 Å². The highest BCUT2D eigenvalue weighted by Crippen LogP contribution is 2.30. The van der Waals surface area contributed by atoms with E-state index in [1.54, 1.807) is 0 Å². The topological polar surface area (TPSA) is 78.4 Å². The first-order valence-corrected chi connectivity index (χ1v) is 7.74. The minimum atomic E-state index is -1.14. The molecule has 1 aliphatic rings. The first-order valence-electron chi connectivity index (χ1n) is 7.74. The van der Waals surface area contributed by atoms with Crippen LogP contribution in [0.5, 0.6) is 0 Å². The number of fused-ring (bicyclic) bond motifs is 1. The van der Waals surface area contributed by atoms with Crippen molar-refractivity contribution >= 4 is 11.8 Å². The maximum absolute atomic E-state index is 13.1. The van der Waals surface area contributed by atoms with Crippen LogP contribution in [-0.2, 0) is 11.2 Å². The molecule has 3 rings (SSSR count). The standard InChI is InChI=1S/C18H16F2N2O3/c19-13-6-5-11(7-14(13)20)18(25)21-9-16(24)22-17-12-4-2-1-3-10(12)8-15(17)23/h1-7,15,17,23H,8-9H2,(H,21,25)(H,22,24)/t15-,17+/m1/s1. The van der Waals surface area contributed by atoms with Gasteiger partial charge < -0.3 is 15.7 Å². The summed E-state index contributed by atoms with van der Waals surface area (Å²) in [6.45, 7) is -0.344. The van der Waals surface area contributed by atoms with Gasteiger partial charge in [0.1, 0.15) is 0 Å². The van der Waals surface area contributed by atoms with Crippen LogP contribution in [0.4, 0.5) is 8.78 Å². The summed E-state index contributed by atoms with van der Waals surface area (Å²) in [7, 11) is 0. The van der Waals surface area contributed by atoms with Crippen LogP contribution in [0.15, 0.2) is 42.5 Å². The first kappa shape index (κ1) is 17.0. The van der Waals surface area contributed by atoms with Gasteiger partial charge in [-0.05, 0) is 29.3 Å². The summed E-state index contributed by atoms with van der Waals surface area (Å²) in [6.07, 6.45) is -0.286. The van der Waals surface area contributed by atoms with Crippen molar-refractivity contribution in [2.24, 2.45) is 0 Å². The molecule has 0 heterocycles. The maximum Gasteiger partial charge on any atom is 0.251 e. The van der Waals surface area contributed by atoms with Gasteiger partial charge in [-0.1, -0.05) is 24.3 Å². The molecule has 0 aromatic heterocycles. The van der Waals surface area contributed by atoms with Gasteiger partial charge in [-0.2, -0.15) is 0 Å². The van der Waals surface area contributed by atoms with Crippen LogP contribution in [0.2, 0.25) is 0 Å². The van der Waals surface area contributed by atoms with E-state index in [0.717, 1.165) is 29.3 Å². The molecular formula is C18H16F2N2O3. The highest BCUT2D eigenvalue weighted by atomic mass is 19.2. The highest BCUT2D eigenvalue weighted by Gasteiger charge is 2.31. The van der Waals surface area contributed by atoms with E-state index in [0.29, 0.717) is 6.42 Å². The monoisotopic (exact) mass is 346 g/mol. The molecule has 0 saturated carbocycles. The third-order valence-corrected chi connectivity index (χ3v) is 4.11. The van der Waals surface area contributed by atoms with Gasteiger partial charge in [-0.25, -0.2) is 8.78 Å². The molecule has 0 aliphatic heterocycles. The Bertz CT molecular complexity index is 826. The van der Waals surface area contributed by atoms with E-state index in [4.69, 9.17) is 0 Å². The fourth-order valence-corrected chi connectivity index (χ4v) is 2.87. The Balaban J connectivity index is 1.58. The van der Waals surface area contributed by atoms with Crippen molar-refractivity contribution in [1.29, 1.82) is 0 Å². The predicted octanol–water partition coefficient (Wildman–Crippen LogP) is 1.47. The van der Waals surface area contributed by atoms with Crippen LogP contribution in [-0.4, -0.2) is 29.6 Å². The zero-order chi connectivity index (χ0) is 18.0. The number of carbonyl (C=O) groups excluding carboxylic acids is 2. The Hall–Kier alpha value is -2.80. The van der Waals surface area contributed by atoms with Crippen molar-refractivity contribution < 1.29 is 23.5 Å². The lowest BCUT2D eigenvalue weighted by Crippen LogP contribution is -2.41. The van der Waals surface area contributed by atoms with Gasteiger partial charge >= 0.3 is 0 Å². The lowest BCUT2D eigenvalue weighted by molar-refractivity contribution is -0.121. The predicted molar refractivity (Wildman–Crippen MR) is 85.7 cm³/mol. The molecule has 2 aromatic rings. The Morgan fingerprint density at radius 1 is 1.12 bits per heavy atom. The normalized spacial score (nSPS) is 18.5. The molecule has 5 nitrogen and oxygen atoms in total. The van der Waals surface area contributed by atoms with E-state index in [9.17, 15) is 23.5 Å². The first-order chi connectivity index (χ1) is 12.0. The summed E-state index contributed by atoms with van der Waals surface area (Å²) in [6, 6.07) is 9.59. The van der Waals surface area contributed by atoms with Crippen LogP contribution >= 0.6 is 0 Å². The number of amides is 2. The van der Waals surface area contributed by atoms with Gasteiger partial charge in [0.05, 0.1) is 18.7 Å². The smallest absolute Gasteiger partial charge is 0.251 e. The second-order valence-corrected chi connectivity index (χ2v) is 5.83. The number of hydrogen-bond acceptors (Lipinski definition) is 3. The highest BCUT2D eigenvalue weighted by molar-refractivity contribution is 5.96. The molecule has 2 aromatic carbocycles. The van der Waals surface area contributed by atoms with Crippen molar-refractivity contribution in [3.8, 4) is 0 Å².